The molecule has 0 atom stereocenters. The minimum atomic E-state index is 0.783. The zero-order valence-corrected chi connectivity index (χ0v) is 11.4. The highest BCUT2D eigenvalue weighted by Gasteiger charge is 2.39. The second-order valence-corrected chi connectivity index (χ2v) is 5.99. The lowest BCUT2D eigenvalue weighted by atomic mass is 10.0. The fraction of sp³-hybridized carbons (Fsp3) is 0.600. The molecule has 18 heavy (non-hydrogen) atoms. The molecule has 0 aromatic heterocycles. The maximum absolute atomic E-state index is 6.08. The molecule has 98 valence electrons. The van der Waals surface area contributed by atoms with Gasteiger partial charge in [0, 0.05) is 30.0 Å². The first-order chi connectivity index (χ1) is 8.65. The zero-order chi connectivity index (χ0) is 12.7. The fourth-order valence-electron chi connectivity index (χ4n) is 3.56. The summed E-state index contributed by atoms with van der Waals surface area (Å²) in [6.45, 7) is 0.919. The Morgan fingerprint density at radius 2 is 1.78 bits per heavy atom. The summed E-state index contributed by atoms with van der Waals surface area (Å²) in [6, 6.07) is 8.14. The molecule has 2 aliphatic heterocycles. The molecular formula is C15H23N3. The van der Waals surface area contributed by atoms with E-state index in [1.807, 2.05) is 0 Å². The normalized spacial score (nSPS) is 26.3. The third kappa shape index (κ3) is 1.97. The predicted molar refractivity (Wildman–Crippen MR) is 76.8 cm³/mol. The van der Waals surface area contributed by atoms with Gasteiger partial charge in [0.15, 0.2) is 0 Å². The topological polar surface area (TPSA) is 32.5 Å². The van der Waals surface area contributed by atoms with E-state index in [0.29, 0.717) is 0 Å². The quantitative estimate of drug-likeness (QED) is 0.830. The highest BCUT2D eigenvalue weighted by Crippen LogP contribution is 2.41. The standard InChI is InChI=1S/C15H23N3/c1-17(2)10-11-9-14(7-8-15(11)16)18-12-3-4-13(18)6-5-12/h7-9,12-13H,3-6,10,16H2,1-2H3. The summed E-state index contributed by atoms with van der Waals surface area (Å²) in [5.74, 6) is 0. The molecule has 3 rings (SSSR count). The van der Waals surface area contributed by atoms with E-state index in [1.54, 1.807) is 0 Å². The van der Waals surface area contributed by atoms with Crippen molar-refractivity contribution < 1.29 is 0 Å². The summed E-state index contributed by atoms with van der Waals surface area (Å²) >= 11 is 0. The minimum absolute atomic E-state index is 0.783. The van der Waals surface area contributed by atoms with Gasteiger partial charge in [0.05, 0.1) is 0 Å². The second-order valence-electron chi connectivity index (χ2n) is 5.99. The number of nitrogens with zero attached hydrogens (tertiary/aromatic N) is 2. The Bertz CT molecular complexity index is 421. The van der Waals surface area contributed by atoms with Crippen molar-refractivity contribution in [2.45, 2.75) is 44.3 Å². The first-order valence-corrected chi connectivity index (χ1v) is 6.96. The zero-order valence-electron chi connectivity index (χ0n) is 11.4. The van der Waals surface area contributed by atoms with Crippen LogP contribution in [0, 0.1) is 0 Å². The molecule has 2 heterocycles. The maximum atomic E-state index is 6.08. The predicted octanol–water partition coefficient (Wildman–Crippen LogP) is 2.46. The molecule has 2 N–H and O–H groups in total. The Morgan fingerprint density at radius 3 is 2.33 bits per heavy atom. The van der Waals surface area contributed by atoms with Gasteiger partial charge >= 0.3 is 0 Å². The summed E-state index contributed by atoms with van der Waals surface area (Å²) in [5.41, 5.74) is 9.63. The second kappa shape index (κ2) is 4.47. The molecular weight excluding hydrogens is 222 g/mol. The van der Waals surface area contributed by atoms with E-state index in [9.17, 15) is 0 Å². The Balaban J connectivity index is 1.89. The average Bonchev–Trinajstić information content (AvgIpc) is 2.91. The van der Waals surface area contributed by atoms with Gasteiger partial charge in [-0.05, 0) is 63.5 Å². The van der Waals surface area contributed by atoms with Gasteiger partial charge in [-0.25, -0.2) is 0 Å². The van der Waals surface area contributed by atoms with Crippen LogP contribution in [0.3, 0.4) is 0 Å². The van der Waals surface area contributed by atoms with E-state index in [2.05, 4.69) is 42.1 Å². The van der Waals surface area contributed by atoms with Crippen molar-refractivity contribution >= 4 is 11.4 Å². The molecule has 2 aliphatic rings. The maximum Gasteiger partial charge on any atom is 0.0375 e. The first kappa shape index (κ1) is 11.8. The molecule has 0 spiro atoms. The van der Waals surface area contributed by atoms with Crippen LogP contribution in [0.5, 0.6) is 0 Å². The molecule has 0 saturated carbocycles. The largest absolute Gasteiger partial charge is 0.398 e. The highest BCUT2D eigenvalue weighted by atomic mass is 15.2. The van der Waals surface area contributed by atoms with E-state index < -0.39 is 0 Å². The SMILES string of the molecule is CN(C)Cc1cc(N2C3CCC2CC3)ccc1N. The lowest BCUT2D eigenvalue weighted by Crippen LogP contribution is -2.28. The minimum Gasteiger partial charge on any atom is -0.398 e. The van der Waals surface area contributed by atoms with E-state index in [1.165, 1.54) is 36.9 Å². The van der Waals surface area contributed by atoms with Crippen molar-refractivity contribution in [2.24, 2.45) is 0 Å². The average molecular weight is 245 g/mol. The molecule has 1 aromatic carbocycles. The Morgan fingerprint density at radius 1 is 1.17 bits per heavy atom. The third-order valence-electron chi connectivity index (χ3n) is 4.36. The molecule has 0 radical (unpaired) electrons. The van der Waals surface area contributed by atoms with Crippen LogP contribution in [0.25, 0.3) is 0 Å². The molecule has 2 bridgehead atoms. The fourth-order valence-corrected chi connectivity index (χ4v) is 3.56. The van der Waals surface area contributed by atoms with E-state index in [-0.39, 0.29) is 0 Å². The van der Waals surface area contributed by atoms with Gasteiger partial charge < -0.3 is 15.5 Å². The number of nitrogens with two attached hydrogens (primary N) is 1. The number of benzene rings is 1. The van der Waals surface area contributed by atoms with Crippen molar-refractivity contribution in [1.29, 1.82) is 0 Å². The number of hydrogen-bond donors (Lipinski definition) is 1. The Hall–Kier alpha value is -1.22. The van der Waals surface area contributed by atoms with Gasteiger partial charge in [0.1, 0.15) is 0 Å². The van der Waals surface area contributed by atoms with Crippen molar-refractivity contribution in [3.8, 4) is 0 Å². The first-order valence-electron chi connectivity index (χ1n) is 6.96. The number of nitrogen functional groups attached to an aromatic ring is 1. The van der Waals surface area contributed by atoms with Crippen LogP contribution in [0.1, 0.15) is 31.2 Å². The van der Waals surface area contributed by atoms with E-state index in [4.69, 9.17) is 5.73 Å². The number of hydrogen-bond acceptors (Lipinski definition) is 3. The number of fused-ring (bicyclic) bond motifs is 2. The van der Waals surface area contributed by atoms with Gasteiger partial charge in [-0.1, -0.05) is 0 Å². The molecule has 0 unspecified atom stereocenters. The van der Waals surface area contributed by atoms with Crippen molar-refractivity contribution in [1.82, 2.24) is 4.90 Å². The van der Waals surface area contributed by atoms with Crippen molar-refractivity contribution in [3.05, 3.63) is 23.8 Å². The molecule has 3 heteroatoms. The molecule has 2 saturated heterocycles. The molecule has 3 nitrogen and oxygen atoms in total. The van der Waals surface area contributed by atoms with E-state index in [0.717, 1.165) is 24.3 Å². The lowest BCUT2D eigenvalue weighted by molar-refractivity contribution is 0.403. The van der Waals surface area contributed by atoms with E-state index >= 15 is 0 Å². The van der Waals surface area contributed by atoms with Crippen LogP contribution < -0.4 is 10.6 Å². The van der Waals surface area contributed by atoms with Crippen LogP contribution in [-0.4, -0.2) is 31.1 Å². The summed E-state index contributed by atoms with van der Waals surface area (Å²) < 4.78 is 0. The smallest absolute Gasteiger partial charge is 0.0375 e. The Kier molecular flexibility index (Phi) is 2.94. The molecule has 1 aromatic rings. The molecule has 0 amide bonds. The third-order valence-corrected chi connectivity index (χ3v) is 4.36. The summed E-state index contributed by atoms with van der Waals surface area (Å²) in [4.78, 5) is 4.81. The van der Waals surface area contributed by atoms with Gasteiger partial charge in [-0.15, -0.1) is 0 Å². The molecule has 2 fully saturated rings. The highest BCUT2D eigenvalue weighted by molar-refractivity contribution is 5.60. The van der Waals surface area contributed by atoms with Crippen molar-refractivity contribution in [3.63, 3.8) is 0 Å². The van der Waals surface area contributed by atoms with Crippen LogP contribution in [0.4, 0.5) is 11.4 Å². The molecule has 0 aliphatic carbocycles. The van der Waals surface area contributed by atoms with Gasteiger partial charge in [-0.2, -0.15) is 0 Å². The van der Waals surface area contributed by atoms with Crippen LogP contribution in [-0.2, 0) is 6.54 Å². The lowest BCUT2D eigenvalue weighted by Gasteiger charge is -2.26. The summed E-state index contributed by atoms with van der Waals surface area (Å²) in [6.07, 6.45) is 5.49. The van der Waals surface area contributed by atoms with Gasteiger partial charge in [0.25, 0.3) is 0 Å². The number of rotatable bonds is 3. The summed E-state index contributed by atoms with van der Waals surface area (Å²) in [7, 11) is 4.18. The Labute approximate surface area is 110 Å². The van der Waals surface area contributed by atoms with Crippen LogP contribution in [0.2, 0.25) is 0 Å². The van der Waals surface area contributed by atoms with Gasteiger partial charge in [0.2, 0.25) is 0 Å². The number of anilines is 2. The van der Waals surface area contributed by atoms with Crippen LogP contribution >= 0.6 is 0 Å². The van der Waals surface area contributed by atoms with Gasteiger partial charge in [-0.3, -0.25) is 0 Å². The van der Waals surface area contributed by atoms with Crippen LogP contribution in [0.15, 0.2) is 18.2 Å². The van der Waals surface area contributed by atoms with Crippen molar-refractivity contribution in [2.75, 3.05) is 24.7 Å². The summed E-state index contributed by atoms with van der Waals surface area (Å²) in [5, 5.41) is 0. The monoisotopic (exact) mass is 245 g/mol.